The Morgan fingerprint density at radius 2 is 2.06 bits per heavy atom. The summed E-state index contributed by atoms with van der Waals surface area (Å²) < 4.78 is 12.9. The molecule has 0 saturated heterocycles. The fraction of sp³-hybridized carbons (Fsp3) is 0.409. The monoisotopic (exact) mass is 425 g/mol. The van der Waals surface area contributed by atoms with Crippen LogP contribution in [0.3, 0.4) is 0 Å². The van der Waals surface area contributed by atoms with Crippen LogP contribution in [0, 0.1) is 0 Å². The van der Waals surface area contributed by atoms with Gasteiger partial charge >= 0.3 is 6.03 Å². The number of carbonyl (C=O) groups excluding carboxylic acids is 2. The van der Waals surface area contributed by atoms with E-state index in [4.69, 9.17) is 9.47 Å². The lowest BCUT2D eigenvalue weighted by Gasteiger charge is -2.25. The molecular weight excluding hydrogens is 398 g/mol. The van der Waals surface area contributed by atoms with E-state index in [9.17, 15) is 9.59 Å². The number of nitrogens with zero attached hydrogens (tertiary/aromatic N) is 4. The molecule has 3 amide bonds. The van der Waals surface area contributed by atoms with Crippen molar-refractivity contribution >= 4 is 17.6 Å². The molecule has 3 heterocycles. The maximum Gasteiger partial charge on any atom is 0.317 e. The number of benzene rings is 1. The van der Waals surface area contributed by atoms with Crippen LogP contribution in [-0.4, -0.2) is 59.1 Å². The minimum atomic E-state index is -0.293. The molecule has 164 valence electrons. The Kier molecular flexibility index (Phi) is 5.83. The van der Waals surface area contributed by atoms with E-state index in [0.717, 1.165) is 23.4 Å². The largest absolute Gasteiger partial charge is 0.454 e. The molecule has 1 atom stereocenters. The topological polar surface area (TPSA) is 88.4 Å². The molecule has 1 aromatic heterocycles. The lowest BCUT2D eigenvalue weighted by Crippen LogP contribution is -2.43. The molecule has 0 fully saturated rings. The van der Waals surface area contributed by atoms with E-state index in [1.807, 2.05) is 55.1 Å². The van der Waals surface area contributed by atoms with Gasteiger partial charge in [0.15, 0.2) is 11.5 Å². The zero-order valence-electron chi connectivity index (χ0n) is 18.0. The molecule has 0 bridgehead atoms. The fourth-order valence-corrected chi connectivity index (χ4v) is 3.75. The highest BCUT2D eigenvalue weighted by Crippen LogP contribution is 2.39. The molecule has 1 N–H and O–H groups in total. The first kappa shape index (κ1) is 20.8. The summed E-state index contributed by atoms with van der Waals surface area (Å²) in [5, 5.41) is 8.94. The van der Waals surface area contributed by atoms with Gasteiger partial charge in [0.1, 0.15) is 6.54 Å². The molecule has 9 nitrogen and oxygen atoms in total. The molecule has 0 saturated carbocycles. The highest BCUT2D eigenvalue weighted by Gasteiger charge is 2.35. The summed E-state index contributed by atoms with van der Waals surface area (Å²) in [7, 11) is 3.56. The Labute approximate surface area is 181 Å². The summed E-state index contributed by atoms with van der Waals surface area (Å²) in [5.41, 5.74) is 2.68. The van der Waals surface area contributed by atoms with Gasteiger partial charge in [0, 0.05) is 33.3 Å². The molecule has 2 aromatic rings. The van der Waals surface area contributed by atoms with E-state index in [1.165, 1.54) is 9.91 Å². The standard InChI is InChI=1S/C22H27N5O4/c1-4-9-23-22(29)26(3)13-21(28)27-18(12-16(24-27)17-6-5-10-25(17)2)15-7-8-19-20(11-15)31-14-30-19/h5-8,10-11,18H,4,9,12-14H2,1-3H3,(H,23,29). The minimum absolute atomic E-state index is 0.0689. The Morgan fingerprint density at radius 3 is 2.81 bits per heavy atom. The third kappa shape index (κ3) is 4.21. The van der Waals surface area contributed by atoms with Crippen molar-refractivity contribution in [3.05, 3.63) is 47.8 Å². The zero-order valence-corrected chi connectivity index (χ0v) is 18.0. The number of ether oxygens (including phenoxy) is 2. The minimum Gasteiger partial charge on any atom is -0.454 e. The fourth-order valence-electron chi connectivity index (χ4n) is 3.75. The normalized spacial score (nSPS) is 16.9. The van der Waals surface area contributed by atoms with Gasteiger partial charge in [0.05, 0.1) is 17.4 Å². The number of hydrazone groups is 1. The molecule has 9 heteroatoms. The van der Waals surface area contributed by atoms with E-state index in [1.54, 1.807) is 7.05 Å². The molecule has 4 rings (SSSR count). The first-order valence-electron chi connectivity index (χ1n) is 10.4. The summed E-state index contributed by atoms with van der Waals surface area (Å²) in [5.74, 6) is 1.10. The number of hydrogen-bond donors (Lipinski definition) is 1. The van der Waals surface area contributed by atoms with Gasteiger partial charge in [-0.15, -0.1) is 0 Å². The summed E-state index contributed by atoms with van der Waals surface area (Å²) in [6.07, 6.45) is 3.34. The maximum atomic E-state index is 13.2. The van der Waals surface area contributed by atoms with Gasteiger partial charge in [-0.25, -0.2) is 9.80 Å². The summed E-state index contributed by atoms with van der Waals surface area (Å²) in [4.78, 5) is 26.8. The number of carbonyl (C=O) groups is 2. The lowest BCUT2D eigenvalue weighted by molar-refractivity contribution is -0.133. The molecule has 1 unspecified atom stereocenters. The van der Waals surface area contributed by atoms with E-state index in [2.05, 4.69) is 10.4 Å². The quantitative estimate of drug-likeness (QED) is 0.770. The molecule has 1 aromatic carbocycles. The molecule has 0 radical (unpaired) electrons. The van der Waals surface area contributed by atoms with Crippen molar-refractivity contribution in [3.8, 4) is 11.5 Å². The molecule has 0 spiro atoms. The van der Waals surface area contributed by atoms with Crippen LogP contribution in [0.15, 0.2) is 41.6 Å². The van der Waals surface area contributed by atoms with E-state index < -0.39 is 0 Å². The van der Waals surface area contributed by atoms with Gasteiger partial charge in [-0.2, -0.15) is 5.10 Å². The van der Waals surface area contributed by atoms with Crippen molar-refractivity contribution in [1.82, 2.24) is 19.8 Å². The molecule has 2 aliphatic heterocycles. The summed E-state index contributed by atoms with van der Waals surface area (Å²) >= 11 is 0. The average Bonchev–Trinajstić information content (AvgIpc) is 3.49. The number of hydrogen-bond acceptors (Lipinski definition) is 5. The van der Waals surface area contributed by atoms with Gasteiger partial charge in [-0.3, -0.25) is 4.79 Å². The second kappa shape index (κ2) is 8.71. The molecule has 31 heavy (non-hydrogen) atoms. The highest BCUT2D eigenvalue weighted by atomic mass is 16.7. The van der Waals surface area contributed by atoms with Crippen molar-refractivity contribution in [2.24, 2.45) is 12.1 Å². The number of likely N-dealkylation sites (N-methyl/N-ethyl adjacent to an activating group) is 1. The van der Waals surface area contributed by atoms with Crippen molar-refractivity contribution in [3.63, 3.8) is 0 Å². The number of fused-ring (bicyclic) bond motifs is 1. The molecular formula is C22H27N5O4. The van der Waals surface area contributed by atoms with Crippen LogP contribution in [0.2, 0.25) is 0 Å². The van der Waals surface area contributed by atoms with Crippen molar-refractivity contribution in [1.29, 1.82) is 0 Å². The Hall–Kier alpha value is -3.49. The first-order chi connectivity index (χ1) is 15.0. The Morgan fingerprint density at radius 1 is 1.26 bits per heavy atom. The zero-order chi connectivity index (χ0) is 22.0. The summed E-state index contributed by atoms with van der Waals surface area (Å²) in [6.45, 7) is 2.66. The average molecular weight is 425 g/mol. The van der Waals surface area contributed by atoms with E-state index in [0.29, 0.717) is 24.5 Å². The number of rotatable bonds is 6. The highest BCUT2D eigenvalue weighted by molar-refractivity contribution is 6.02. The van der Waals surface area contributed by atoms with Crippen LogP contribution >= 0.6 is 0 Å². The smallest absolute Gasteiger partial charge is 0.317 e. The van der Waals surface area contributed by atoms with Crippen LogP contribution in [0.5, 0.6) is 11.5 Å². The molecule has 2 aliphatic rings. The SMILES string of the molecule is CCCNC(=O)N(C)CC(=O)N1N=C(c2cccn2C)CC1c1ccc2c(c1)OCO2. The lowest BCUT2D eigenvalue weighted by atomic mass is 10.00. The number of urea groups is 1. The van der Waals surface area contributed by atoms with Crippen LogP contribution in [0.1, 0.15) is 37.1 Å². The van der Waals surface area contributed by atoms with Gasteiger partial charge in [0.2, 0.25) is 6.79 Å². The molecule has 0 aliphatic carbocycles. The summed E-state index contributed by atoms with van der Waals surface area (Å²) in [6, 6.07) is 9.04. The Balaban J connectivity index is 1.59. The van der Waals surface area contributed by atoms with Crippen molar-refractivity contribution in [2.75, 3.05) is 26.9 Å². The second-order valence-corrected chi connectivity index (χ2v) is 7.71. The van der Waals surface area contributed by atoms with E-state index in [-0.39, 0.29) is 31.3 Å². The number of aromatic nitrogens is 1. The van der Waals surface area contributed by atoms with Gasteiger partial charge in [0.25, 0.3) is 5.91 Å². The van der Waals surface area contributed by atoms with Crippen LogP contribution in [0.25, 0.3) is 0 Å². The third-order valence-electron chi connectivity index (χ3n) is 5.43. The van der Waals surface area contributed by atoms with Crippen LogP contribution in [-0.2, 0) is 11.8 Å². The van der Waals surface area contributed by atoms with Crippen LogP contribution in [0.4, 0.5) is 4.79 Å². The van der Waals surface area contributed by atoms with E-state index >= 15 is 0 Å². The predicted molar refractivity (Wildman–Crippen MR) is 115 cm³/mol. The van der Waals surface area contributed by atoms with Crippen molar-refractivity contribution < 1.29 is 19.1 Å². The van der Waals surface area contributed by atoms with Crippen LogP contribution < -0.4 is 14.8 Å². The van der Waals surface area contributed by atoms with Crippen molar-refractivity contribution in [2.45, 2.75) is 25.8 Å². The van der Waals surface area contributed by atoms with Gasteiger partial charge in [-0.05, 0) is 36.2 Å². The third-order valence-corrected chi connectivity index (χ3v) is 5.43. The van der Waals surface area contributed by atoms with Gasteiger partial charge in [-0.1, -0.05) is 13.0 Å². The second-order valence-electron chi connectivity index (χ2n) is 7.71. The number of aryl methyl sites for hydroxylation is 1. The number of nitrogens with one attached hydrogen (secondary N) is 1. The Bertz CT molecular complexity index is 1020. The predicted octanol–water partition coefficient (Wildman–Crippen LogP) is 2.48. The number of amides is 3. The first-order valence-corrected chi connectivity index (χ1v) is 10.4. The maximum absolute atomic E-state index is 13.2. The van der Waals surface area contributed by atoms with Gasteiger partial charge < -0.3 is 24.3 Å².